The molecule has 0 atom stereocenters. The third kappa shape index (κ3) is 4.51. The van der Waals surface area contributed by atoms with E-state index in [1.165, 1.54) is 18.3 Å². The zero-order valence-corrected chi connectivity index (χ0v) is 16.1. The Morgan fingerprint density at radius 1 is 1.07 bits per heavy atom. The SMILES string of the molecule is CC(=O)N1CCN(C(=O)COC(=O)c2sc(-c3ccccc3)nc2C)CC1. The Morgan fingerprint density at radius 2 is 1.70 bits per heavy atom. The lowest BCUT2D eigenvalue weighted by Crippen LogP contribution is -2.51. The molecule has 0 N–H and O–H groups in total. The Balaban J connectivity index is 1.56. The maximum Gasteiger partial charge on any atom is 0.350 e. The van der Waals surface area contributed by atoms with E-state index in [1.54, 1.807) is 16.7 Å². The van der Waals surface area contributed by atoms with Gasteiger partial charge in [-0.05, 0) is 6.92 Å². The molecule has 0 aliphatic carbocycles. The number of benzene rings is 1. The van der Waals surface area contributed by atoms with E-state index in [4.69, 9.17) is 4.74 Å². The van der Waals surface area contributed by atoms with Crippen molar-refractivity contribution in [3.8, 4) is 10.6 Å². The van der Waals surface area contributed by atoms with Crippen LogP contribution in [0.1, 0.15) is 22.3 Å². The van der Waals surface area contributed by atoms with E-state index in [0.29, 0.717) is 36.8 Å². The molecule has 1 aromatic carbocycles. The number of carbonyl (C=O) groups is 3. The van der Waals surface area contributed by atoms with Gasteiger partial charge in [0.25, 0.3) is 5.91 Å². The molecule has 0 bridgehead atoms. The lowest BCUT2D eigenvalue weighted by molar-refractivity contribution is -0.140. The molecule has 2 heterocycles. The summed E-state index contributed by atoms with van der Waals surface area (Å²) in [6.45, 7) is 4.87. The van der Waals surface area contributed by atoms with Crippen molar-refractivity contribution >= 4 is 29.1 Å². The molecule has 1 aliphatic heterocycles. The van der Waals surface area contributed by atoms with Crippen molar-refractivity contribution < 1.29 is 19.1 Å². The van der Waals surface area contributed by atoms with Gasteiger partial charge in [-0.15, -0.1) is 11.3 Å². The molecule has 1 aliphatic rings. The number of ether oxygens (including phenoxy) is 1. The van der Waals surface area contributed by atoms with E-state index in [2.05, 4.69) is 4.98 Å². The van der Waals surface area contributed by atoms with Crippen LogP contribution in [0.25, 0.3) is 10.6 Å². The highest BCUT2D eigenvalue weighted by molar-refractivity contribution is 7.17. The van der Waals surface area contributed by atoms with Crippen LogP contribution in [0.4, 0.5) is 0 Å². The molecule has 27 heavy (non-hydrogen) atoms. The lowest BCUT2D eigenvalue weighted by atomic mass is 10.2. The van der Waals surface area contributed by atoms with Crippen LogP contribution in [0.2, 0.25) is 0 Å². The summed E-state index contributed by atoms with van der Waals surface area (Å²) < 4.78 is 5.21. The first-order valence-electron chi connectivity index (χ1n) is 8.69. The van der Waals surface area contributed by atoms with Gasteiger partial charge in [-0.3, -0.25) is 9.59 Å². The molecule has 1 aromatic heterocycles. The number of rotatable bonds is 4. The maximum atomic E-state index is 12.4. The highest BCUT2D eigenvalue weighted by atomic mass is 32.1. The molecular weight excluding hydrogens is 366 g/mol. The number of hydrogen-bond acceptors (Lipinski definition) is 6. The van der Waals surface area contributed by atoms with Crippen LogP contribution in [-0.4, -0.2) is 65.4 Å². The summed E-state index contributed by atoms with van der Waals surface area (Å²) in [6, 6.07) is 9.60. The smallest absolute Gasteiger partial charge is 0.350 e. The summed E-state index contributed by atoms with van der Waals surface area (Å²) >= 11 is 1.26. The van der Waals surface area contributed by atoms with Crippen molar-refractivity contribution in [3.05, 3.63) is 40.9 Å². The van der Waals surface area contributed by atoms with E-state index >= 15 is 0 Å². The molecule has 0 unspecified atom stereocenters. The van der Waals surface area contributed by atoms with E-state index in [0.717, 1.165) is 10.6 Å². The van der Waals surface area contributed by atoms with E-state index < -0.39 is 5.97 Å². The zero-order chi connectivity index (χ0) is 19.4. The number of aryl methyl sites for hydroxylation is 1. The summed E-state index contributed by atoms with van der Waals surface area (Å²) in [4.78, 5) is 44.1. The van der Waals surface area contributed by atoms with Crippen LogP contribution < -0.4 is 0 Å². The molecule has 0 spiro atoms. The summed E-state index contributed by atoms with van der Waals surface area (Å²) in [5, 5.41) is 0.742. The number of nitrogens with zero attached hydrogens (tertiary/aromatic N) is 3. The van der Waals surface area contributed by atoms with Gasteiger partial charge in [-0.1, -0.05) is 30.3 Å². The zero-order valence-electron chi connectivity index (χ0n) is 15.3. The number of thiazole rings is 1. The normalized spacial score (nSPS) is 14.1. The Kier molecular flexibility index (Phi) is 5.85. The standard InChI is InChI=1S/C19H21N3O4S/c1-13-17(27-18(20-13)15-6-4-3-5-7-15)19(25)26-12-16(24)22-10-8-21(9-11-22)14(2)23/h3-7H,8-12H2,1-2H3. The van der Waals surface area contributed by atoms with Gasteiger partial charge in [0.2, 0.25) is 5.91 Å². The van der Waals surface area contributed by atoms with Gasteiger partial charge in [0.15, 0.2) is 6.61 Å². The average molecular weight is 387 g/mol. The van der Waals surface area contributed by atoms with Crippen LogP contribution in [-0.2, 0) is 14.3 Å². The van der Waals surface area contributed by atoms with Crippen LogP contribution in [0, 0.1) is 6.92 Å². The Morgan fingerprint density at radius 3 is 2.33 bits per heavy atom. The number of amides is 2. The van der Waals surface area contributed by atoms with Crippen molar-refractivity contribution in [2.75, 3.05) is 32.8 Å². The second kappa shape index (κ2) is 8.30. The number of hydrogen-bond donors (Lipinski definition) is 0. The largest absolute Gasteiger partial charge is 0.451 e. The molecule has 2 aromatic rings. The van der Waals surface area contributed by atoms with Crippen LogP contribution in [0.15, 0.2) is 30.3 Å². The first-order chi connectivity index (χ1) is 13.0. The maximum absolute atomic E-state index is 12.4. The fourth-order valence-corrected chi connectivity index (χ4v) is 3.81. The molecule has 7 nitrogen and oxygen atoms in total. The second-order valence-corrected chi connectivity index (χ2v) is 7.26. The third-order valence-electron chi connectivity index (χ3n) is 4.41. The van der Waals surface area contributed by atoms with Gasteiger partial charge in [-0.25, -0.2) is 9.78 Å². The fourth-order valence-electron chi connectivity index (χ4n) is 2.84. The fraction of sp³-hybridized carbons (Fsp3) is 0.368. The minimum absolute atomic E-state index is 0.00316. The predicted molar refractivity (Wildman–Crippen MR) is 101 cm³/mol. The summed E-state index contributed by atoms with van der Waals surface area (Å²) in [5.41, 5.74) is 1.52. The quantitative estimate of drug-likeness (QED) is 0.750. The van der Waals surface area contributed by atoms with Crippen LogP contribution in [0.5, 0.6) is 0 Å². The van der Waals surface area contributed by atoms with Gasteiger partial charge in [0, 0.05) is 38.7 Å². The lowest BCUT2D eigenvalue weighted by Gasteiger charge is -2.34. The number of esters is 1. The van der Waals surface area contributed by atoms with Crippen molar-refractivity contribution in [1.29, 1.82) is 0 Å². The molecule has 142 valence electrons. The first-order valence-corrected chi connectivity index (χ1v) is 9.50. The Bertz CT molecular complexity index is 842. The molecule has 0 saturated carbocycles. The Labute approximate surface area is 161 Å². The molecule has 3 rings (SSSR count). The average Bonchev–Trinajstić information content (AvgIpc) is 3.08. The molecule has 2 amide bonds. The van der Waals surface area contributed by atoms with Gasteiger partial charge in [-0.2, -0.15) is 0 Å². The number of carbonyl (C=O) groups excluding carboxylic acids is 3. The van der Waals surface area contributed by atoms with Gasteiger partial charge in [0.1, 0.15) is 9.88 Å². The first kappa shape index (κ1) is 19.0. The van der Waals surface area contributed by atoms with Gasteiger partial charge in [0.05, 0.1) is 5.69 Å². The monoisotopic (exact) mass is 387 g/mol. The highest BCUT2D eigenvalue weighted by Gasteiger charge is 2.24. The highest BCUT2D eigenvalue weighted by Crippen LogP contribution is 2.28. The van der Waals surface area contributed by atoms with Gasteiger partial charge < -0.3 is 14.5 Å². The van der Waals surface area contributed by atoms with E-state index in [9.17, 15) is 14.4 Å². The third-order valence-corrected chi connectivity index (χ3v) is 5.59. The molecule has 1 fully saturated rings. The number of piperazine rings is 1. The van der Waals surface area contributed by atoms with Crippen molar-refractivity contribution in [2.45, 2.75) is 13.8 Å². The summed E-state index contributed by atoms with van der Waals surface area (Å²) in [7, 11) is 0. The van der Waals surface area contributed by atoms with Crippen molar-refractivity contribution in [2.24, 2.45) is 0 Å². The molecule has 1 saturated heterocycles. The van der Waals surface area contributed by atoms with Crippen molar-refractivity contribution in [3.63, 3.8) is 0 Å². The summed E-state index contributed by atoms with van der Waals surface area (Å²) in [5.74, 6) is -0.789. The molecular formula is C19H21N3O4S. The number of aromatic nitrogens is 1. The van der Waals surface area contributed by atoms with Crippen molar-refractivity contribution in [1.82, 2.24) is 14.8 Å². The minimum atomic E-state index is -0.539. The second-order valence-electron chi connectivity index (χ2n) is 6.26. The van der Waals surface area contributed by atoms with Crippen LogP contribution in [0.3, 0.4) is 0 Å². The predicted octanol–water partition coefficient (Wildman–Crippen LogP) is 1.97. The minimum Gasteiger partial charge on any atom is -0.451 e. The van der Waals surface area contributed by atoms with Crippen LogP contribution >= 0.6 is 11.3 Å². The summed E-state index contributed by atoms with van der Waals surface area (Å²) in [6.07, 6.45) is 0. The van der Waals surface area contributed by atoms with Gasteiger partial charge >= 0.3 is 5.97 Å². The molecule has 0 radical (unpaired) electrons. The topological polar surface area (TPSA) is 79.8 Å². The Hall–Kier alpha value is -2.74. The molecule has 8 heteroatoms. The van der Waals surface area contributed by atoms with E-state index in [1.807, 2.05) is 30.3 Å². The van der Waals surface area contributed by atoms with E-state index in [-0.39, 0.29) is 18.4 Å².